The number of carbonyl (C=O) groups excluding carboxylic acids is 1. The van der Waals surface area contributed by atoms with Crippen LogP contribution in [0.15, 0.2) is 24.3 Å². The highest BCUT2D eigenvalue weighted by Gasteiger charge is 2.41. The molecule has 116 valence electrons. The first-order chi connectivity index (χ1) is 9.97. The molecule has 1 aliphatic rings. The first-order valence-corrected chi connectivity index (χ1v) is 8.16. The van der Waals surface area contributed by atoms with Gasteiger partial charge in [-0.25, -0.2) is 0 Å². The Bertz CT molecular complexity index is 482. The van der Waals surface area contributed by atoms with Crippen molar-refractivity contribution in [2.75, 3.05) is 7.11 Å². The largest absolute Gasteiger partial charge is 0.370 e. The topological polar surface area (TPSA) is 26.3 Å². The Hall–Kier alpha value is -1.15. The number of carbonyl (C=O) groups is 1. The summed E-state index contributed by atoms with van der Waals surface area (Å²) in [4.78, 5) is 13.0. The second-order valence-electron chi connectivity index (χ2n) is 7.01. The second kappa shape index (κ2) is 6.74. The van der Waals surface area contributed by atoms with Crippen molar-refractivity contribution in [1.29, 1.82) is 0 Å². The van der Waals surface area contributed by atoms with Crippen LogP contribution in [0.5, 0.6) is 0 Å². The predicted molar refractivity (Wildman–Crippen MR) is 86.7 cm³/mol. The van der Waals surface area contributed by atoms with Gasteiger partial charge >= 0.3 is 0 Å². The van der Waals surface area contributed by atoms with Crippen molar-refractivity contribution in [3.05, 3.63) is 35.4 Å². The van der Waals surface area contributed by atoms with Crippen LogP contribution in [-0.2, 0) is 11.2 Å². The fraction of sp³-hybridized carbons (Fsp3) is 0.632. The lowest BCUT2D eigenvalue weighted by Gasteiger charge is -2.37. The van der Waals surface area contributed by atoms with Crippen molar-refractivity contribution in [1.82, 2.24) is 0 Å². The fourth-order valence-electron chi connectivity index (χ4n) is 3.33. The van der Waals surface area contributed by atoms with E-state index in [9.17, 15) is 4.79 Å². The molecule has 0 aliphatic heterocycles. The number of hydrogen-bond acceptors (Lipinski definition) is 2. The third-order valence-corrected chi connectivity index (χ3v) is 4.72. The van der Waals surface area contributed by atoms with E-state index in [4.69, 9.17) is 4.74 Å². The van der Waals surface area contributed by atoms with Gasteiger partial charge in [-0.1, -0.05) is 39.0 Å². The van der Waals surface area contributed by atoms with Crippen molar-refractivity contribution in [3.63, 3.8) is 0 Å². The summed E-state index contributed by atoms with van der Waals surface area (Å²) < 4.78 is 5.71. The van der Waals surface area contributed by atoms with E-state index in [-0.39, 0.29) is 5.78 Å². The van der Waals surface area contributed by atoms with E-state index in [1.54, 1.807) is 7.11 Å². The summed E-state index contributed by atoms with van der Waals surface area (Å²) in [7, 11) is 1.69. The Labute approximate surface area is 128 Å². The Morgan fingerprint density at radius 2 is 2.00 bits per heavy atom. The molecule has 0 saturated heterocycles. The Morgan fingerprint density at radius 1 is 1.33 bits per heavy atom. The number of methoxy groups -OCH3 is 1. The Morgan fingerprint density at radius 3 is 2.57 bits per heavy atom. The lowest BCUT2D eigenvalue weighted by Crippen LogP contribution is -2.43. The van der Waals surface area contributed by atoms with Gasteiger partial charge in [-0.2, -0.15) is 0 Å². The number of ketones is 1. The maximum absolute atomic E-state index is 13.0. The van der Waals surface area contributed by atoms with Gasteiger partial charge in [-0.05, 0) is 55.6 Å². The van der Waals surface area contributed by atoms with E-state index in [2.05, 4.69) is 32.9 Å². The zero-order valence-corrected chi connectivity index (χ0v) is 13.8. The van der Waals surface area contributed by atoms with Crippen molar-refractivity contribution < 1.29 is 9.53 Å². The molecule has 1 aromatic carbocycles. The van der Waals surface area contributed by atoms with Crippen LogP contribution in [-0.4, -0.2) is 18.5 Å². The molecule has 1 fully saturated rings. The molecule has 0 spiro atoms. The number of hydrogen-bond donors (Lipinski definition) is 0. The molecule has 2 heteroatoms. The minimum atomic E-state index is -0.594. The summed E-state index contributed by atoms with van der Waals surface area (Å²) in [5.41, 5.74) is 1.46. The number of benzene rings is 1. The minimum Gasteiger partial charge on any atom is -0.370 e. The average Bonchev–Trinajstić information content (AvgIpc) is 2.47. The zero-order chi connectivity index (χ0) is 15.5. The van der Waals surface area contributed by atoms with E-state index < -0.39 is 5.60 Å². The van der Waals surface area contributed by atoms with Gasteiger partial charge in [-0.3, -0.25) is 4.79 Å². The van der Waals surface area contributed by atoms with Gasteiger partial charge in [0.2, 0.25) is 0 Å². The highest BCUT2D eigenvalue weighted by Crippen LogP contribution is 2.37. The van der Waals surface area contributed by atoms with Gasteiger partial charge in [0.1, 0.15) is 5.60 Å². The molecular weight excluding hydrogens is 260 g/mol. The smallest absolute Gasteiger partial charge is 0.194 e. The summed E-state index contributed by atoms with van der Waals surface area (Å²) in [6.07, 6.45) is 4.85. The number of Topliss-reactive ketones (excluding diaryl/α,β-unsaturated/α-hetero) is 1. The normalized spacial score (nSPS) is 26.0. The van der Waals surface area contributed by atoms with Crippen LogP contribution in [0.25, 0.3) is 0 Å². The molecule has 0 atom stereocenters. The van der Waals surface area contributed by atoms with Crippen LogP contribution in [0, 0.1) is 11.8 Å². The van der Waals surface area contributed by atoms with Crippen LogP contribution >= 0.6 is 0 Å². The molecule has 1 saturated carbocycles. The Kier molecular flexibility index (Phi) is 5.21. The van der Waals surface area contributed by atoms with E-state index >= 15 is 0 Å². The third kappa shape index (κ3) is 3.74. The predicted octanol–water partition coefficient (Wildman–Crippen LogP) is 4.66. The van der Waals surface area contributed by atoms with Gasteiger partial charge < -0.3 is 4.74 Å². The Balaban J connectivity index is 2.21. The lowest BCUT2D eigenvalue weighted by molar-refractivity contribution is -0.0263. The van der Waals surface area contributed by atoms with E-state index in [1.807, 2.05) is 12.1 Å². The summed E-state index contributed by atoms with van der Waals surface area (Å²) in [5.74, 6) is 1.47. The second-order valence-corrected chi connectivity index (χ2v) is 7.01. The fourth-order valence-corrected chi connectivity index (χ4v) is 3.33. The number of rotatable bonds is 5. The molecular formula is C19H28O2. The molecule has 1 aromatic rings. The van der Waals surface area contributed by atoms with Gasteiger partial charge in [-0.15, -0.1) is 0 Å². The number of ether oxygens (including phenoxy) is 1. The van der Waals surface area contributed by atoms with Crippen LogP contribution < -0.4 is 0 Å². The van der Waals surface area contributed by atoms with Gasteiger partial charge in [0.05, 0.1) is 0 Å². The van der Waals surface area contributed by atoms with Gasteiger partial charge in [0.25, 0.3) is 0 Å². The summed E-state index contributed by atoms with van der Waals surface area (Å²) in [6, 6.07) is 8.10. The van der Waals surface area contributed by atoms with Crippen molar-refractivity contribution in [3.8, 4) is 0 Å². The summed E-state index contributed by atoms with van der Waals surface area (Å²) in [6.45, 7) is 6.66. The maximum Gasteiger partial charge on any atom is 0.194 e. The molecule has 0 amide bonds. The van der Waals surface area contributed by atoms with Gasteiger partial charge in [0, 0.05) is 12.7 Å². The molecule has 2 rings (SSSR count). The highest BCUT2D eigenvalue weighted by atomic mass is 16.5. The van der Waals surface area contributed by atoms with Crippen molar-refractivity contribution >= 4 is 5.78 Å². The van der Waals surface area contributed by atoms with Crippen LogP contribution in [0.1, 0.15) is 62.4 Å². The van der Waals surface area contributed by atoms with E-state index in [1.165, 1.54) is 5.56 Å². The third-order valence-electron chi connectivity index (χ3n) is 4.72. The van der Waals surface area contributed by atoms with E-state index in [0.29, 0.717) is 11.8 Å². The van der Waals surface area contributed by atoms with Crippen LogP contribution in [0.4, 0.5) is 0 Å². The molecule has 0 radical (unpaired) electrons. The lowest BCUT2D eigenvalue weighted by atomic mass is 9.75. The van der Waals surface area contributed by atoms with Crippen LogP contribution in [0.2, 0.25) is 0 Å². The molecule has 1 aliphatic carbocycles. The average molecular weight is 288 g/mol. The van der Waals surface area contributed by atoms with Crippen molar-refractivity contribution in [2.24, 2.45) is 11.8 Å². The monoisotopic (exact) mass is 288 g/mol. The maximum atomic E-state index is 13.0. The van der Waals surface area contributed by atoms with Crippen molar-refractivity contribution in [2.45, 2.75) is 58.5 Å². The molecule has 0 aromatic heterocycles. The first kappa shape index (κ1) is 16.2. The van der Waals surface area contributed by atoms with E-state index in [0.717, 1.165) is 37.7 Å². The minimum absolute atomic E-state index is 0.169. The summed E-state index contributed by atoms with van der Waals surface area (Å²) in [5, 5.41) is 0. The molecule has 0 bridgehead atoms. The molecule has 0 N–H and O–H groups in total. The van der Waals surface area contributed by atoms with Gasteiger partial charge in [0.15, 0.2) is 5.78 Å². The zero-order valence-electron chi connectivity index (χ0n) is 13.8. The highest BCUT2D eigenvalue weighted by molar-refractivity contribution is 6.02. The SMILES string of the molecule is COC1(C(=O)c2cccc(CC(C)C)c2)CCC(C)CC1. The molecule has 0 unspecified atom stereocenters. The molecule has 21 heavy (non-hydrogen) atoms. The molecule has 0 heterocycles. The summed E-state index contributed by atoms with van der Waals surface area (Å²) >= 11 is 0. The molecule has 2 nitrogen and oxygen atoms in total. The quantitative estimate of drug-likeness (QED) is 0.736. The van der Waals surface area contributed by atoms with Crippen LogP contribution in [0.3, 0.4) is 0 Å². The standard InChI is InChI=1S/C19H28O2/c1-14(2)12-16-6-5-7-17(13-16)18(20)19(21-4)10-8-15(3)9-11-19/h5-7,13-15H,8-12H2,1-4H3. The first-order valence-electron chi connectivity index (χ1n) is 8.16.